The van der Waals surface area contributed by atoms with E-state index in [4.69, 9.17) is 10.7 Å². The third kappa shape index (κ3) is 5.62. The predicted octanol–water partition coefficient (Wildman–Crippen LogP) is 3.55. The highest BCUT2D eigenvalue weighted by Crippen LogP contribution is 2.21. The topological polar surface area (TPSA) is 109 Å². The minimum atomic E-state index is -0.211. The largest absolute Gasteiger partial charge is 0.404 e. The summed E-state index contributed by atoms with van der Waals surface area (Å²) in [6, 6.07) is 5.94. The molecular weight excluding hydrogens is 402 g/mol. The first kappa shape index (κ1) is 22.2. The van der Waals surface area contributed by atoms with E-state index in [2.05, 4.69) is 32.4 Å². The first-order chi connectivity index (χ1) is 15.6. The van der Waals surface area contributed by atoms with Gasteiger partial charge in [-0.05, 0) is 50.4 Å². The molecule has 1 saturated heterocycles. The van der Waals surface area contributed by atoms with Gasteiger partial charge in [0, 0.05) is 48.9 Å². The molecule has 4 rings (SSSR count). The molecule has 0 aromatic carbocycles. The van der Waals surface area contributed by atoms with E-state index in [-0.39, 0.29) is 12.1 Å². The Kier molecular flexibility index (Phi) is 7.32. The smallest absolute Gasteiger partial charge is 0.320 e. The highest BCUT2D eigenvalue weighted by molar-refractivity contribution is 6.10. The van der Waals surface area contributed by atoms with Crippen LogP contribution in [0.5, 0.6) is 0 Å². The number of hydrogen-bond donors (Lipinski definition) is 3. The van der Waals surface area contributed by atoms with Crippen LogP contribution in [0.1, 0.15) is 51.0 Å². The minimum Gasteiger partial charge on any atom is -0.404 e. The molecule has 0 spiro atoms. The van der Waals surface area contributed by atoms with Crippen molar-refractivity contribution in [3.8, 4) is 0 Å². The third-order valence-electron chi connectivity index (χ3n) is 6.41. The van der Waals surface area contributed by atoms with Crippen molar-refractivity contribution in [1.82, 2.24) is 20.2 Å². The summed E-state index contributed by atoms with van der Waals surface area (Å²) in [5.74, 6) is 0.501. The molecule has 3 heterocycles. The number of amides is 2. The summed E-state index contributed by atoms with van der Waals surface area (Å²) in [7, 11) is 0. The van der Waals surface area contributed by atoms with Gasteiger partial charge in [-0.25, -0.2) is 9.78 Å². The molecule has 170 valence electrons. The quantitative estimate of drug-likeness (QED) is 0.601. The molecular formula is C24H33N7O. The van der Waals surface area contributed by atoms with Gasteiger partial charge in [0.15, 0.2) is 0 Å². The van der Waals surface area contributed by atoms with E-state index < -0.39 is 0 Å². The van der Waals surface area contributed by atoms with Gasteiger partial charge >= 0.3 is 6.03 Å². The van der Waals surface area contributed by atoms with Crippen molar-refractivity contribution in [2.24, 2.45) is 10.7 Å². The number of nitrogens with two attached hydrogens (primary N) is 1. The van der Waals surface area contributed by atoms with Crippen LogP contribution in [0.25, 0.3) is 16.6 Å². The standard InChI is InChI=1S/C24H33N7O/c1-2-31-11-9-19(10-12-31)26-16-18(14-25)17-13-22-21(27-15-17)7-8-23(29-22)30-24(32)28-20-5-3-4-6-20/h7-8,13-16,19-20H,2-6,9-12,25H2,1H3,(H2,28,29,30,32). The van der Waals surface area contributed by atoms with Crippen molar-refractivity contribution in [1.29, 1.82) is 0 Å². The number of nitrogens with one attached hydrogen (secondary N) is 2. The highest BCUT2D eigenvalue weighted by atomic mass is 16.2. The number of aromatic nitrogens is 2. The van der Waals surface area contributed by atoms with Crippen LogP contribution in [0.3, 0.4) is 0 Å². The van der Waals surface area contributed by atoms with E-state index in [1.54, 1.807) is 18.5 Å². The number of rotatable bonds is 6. The van der Waals surface area contributed by atoms with Crippen molar-refractivity contribution >= 4 is 34.7 Å². The second kappa shape index (κ2) is 10.5. The Morgan fingerprint density at radius 1 is 1.22 bits per heavy atom. The lowest BCUT2D eigenvalue weighted by Gasteiger charge is -2.28. The lowest BCUT2D eigenvalue weighted by molar-refractivity contribution is 0.224. The number of likely N-dealkylation sites (tertiary alicyclic amines) is 1. The molecule has 2 amide bonds. The number of carbonyl (C=O) groups excluding carboxylic acids is 1. The number of piperidine rings is 1. The van der Waals surface area contributed by atoms with Crippen LogP contribution >= 0.6 is 0 Å². The molecule has 8 heteroatoms. The molecule has 0 radical (unpaired) electrons. The van der Waals surface area contributed by atoms with Gasteiger partial charge in [-0.2, -0.15) is 0 Å². The Bertz CT molecular complexity index is 989. The number of aliphatic imine (C=N–C) groups is 1. The average molecular weight is 436 g/mol. The Hall–Kier alpha value is -3.00. The van der Waals surface area contributed by atoms with Crippen molar-refractivity contribution in [3.63, 3.8) is 0 Å². The molecule has 4 N–H and O–H groups in total. The Balaban J connectivity index is 1.44. The van der Waals surface area contributed by atoms with E-state index in [0.29, 0.717) is 17.4 Å². The normalized spacial score (nSPS) is 19.1. The maximum Gasteiger partial charge on any atom is 0.320 e. The van der Waals surface area contributed by atoms with Crippen molar-refractivity contribution in [3.05, 3.63) is 36.2 Å². The maximum absolute atomic E-state index is 12.3. The van der Waals surface area contributed by atoms with Crippen LogP contribution in [-0.2, 0) is 0 Å². The molecule has 0 unspecified atom stereocenters. The van der Waals surface area contributed by atoms with Crippen LogP contribution in [0.15, 0.2) is 35.6 Å². The number of pyridine rings is 2. The molecule has 2 aromatic heterocycles. The minimum absolute atomic E-state index is 0.211. The number of urea groups is 1. The van der Waals surface area contributed by atoms with E-state index >= 15 is 0 Å². The number of nitrogens with zero attached hydrogens (tertiary/aromatic N) is 4. The fourth-order valence-corrected chi connectivity index (χ4v) is 4.43. The summed E-state index contributed by atoms with van der Waals surface area (Å²) in [6.07, 6.45) is 11.8. The van der Waals surface area contributed by atoms with Crippen molar-refractivity contribution in [2.45, 2.75) is 57.5 Å². The summed E-state index contributed by atoms with van der Waals surface area (Å²) >= 11 is 0. The van der Waals surface area contributed by atoms with E-state index in [1.807, 2.05) is 18.3 Å². The van der Waals surface area contributed by atoms with E-state index in [9.17, 15) is 4.79 Å². The van der Waals surface area contributed by atoms with Crippen molar-refractivity contribution in [2.75, 3.05) is 25.0 Å². The second-order valence-electron chi connectivity index (χ2n) is 8.60. The van der Waals surface area contributed by atoms with Gasteiger partial charge in [0.05, 0.1) is 17.1 Å². The van der Waals surface area contributed by atoms with E-state index in [1.165, 1.54) is 12.8 Å². The first-order valence-corrected chi connectivity index (χ1v) is 11.7. The summed E-state index contributed by atoms with van der Waals surface area (Å²) in [6.45, 7) is 5.47. The molecule has 32 heavy (non-hydrogen) atoms. The first-order valence-electron chi connectivity index (χ1n) is 11.7. The Labute approximate surface area is 189 Å². The second-order valence-corrected chi connectivity index (χ2v) is 8.60. The summed E-state index contributed by atoms with van der Waals surface area (Å²) in [5.41, 5.74) is 9.04. The SMILES string of the molecule is CCN1CCC(N=CC(=CN)c2cnc3ccc(NC(=O)NC4CCCC4)nc3c2)CC1. The fraction of sp³-hybridized carbons (Fsp3) is 0.500. The van der Waals surface area contributed by atoms with Crippen LogP contribution < -0.4 is 16.4 Å². The number of anilines is 1. The predicted molar refractivity (Wildman–Crippen MR) is 130 cm³/mol. The van der Waals surface area contributed by atoms with Gasteiger partial charge in [0.25, 0.3) is 0 Å². The number of allylic oxidation sites excluding steroid dienone is 1. The molecule has 1 aliphatic heterocycles. The lowest BCUT2D eigenvalue weighted by atomic mass is 10.1. The molecule has 1 aliphatic carbocycles. The number of carbonyl (C=O) groups is 1. The third-order valence-corrected chi connectivity index (χ3v) is 6.41. The van der Waals surface area contributed by atoms with Crippen molar-refractivity contribution < 1.29 is 4.79 Å². The zero-order chi connectivity index (χ0) is 22.3. The molecule has 0 atom stereocenters. The maximum atomic E-state index is 12.3. The molecule has 1 saturated carbocycles. The zero-order valence-corrected chi connectivity index (χ0v) is 18.8. The lowest BCUT2D eigenvalue weighted by Crippen LogP contribution is -2.36. The van der Waals surface area contributed by atoms with Gasteiger partial charge in [0.1, 0.15) is 5.82 Å². The zero-order valence-electron chi connectivity index (χ0n) is 18.8. The van der Waals surface area contributed by atoms with Crippen LogP contribution in [0.4, 0.5) is 10.6 Å². The Morgan fingerprint density at radius 3 is 2.72 bits per heavy atom. The van der Waals surface area contributed by atoms with Gasteiger partial charge in [0.2, 0.25) is 0 Å². The highest BCUT2D eigenvalue weighted by Gasteiger charge is 2.18. The van der Waals surface area contributed by atoms with Crippen LogP contribution in [0, 0.1) is 0 Å². The summed E-state index contributed by atoms with van der Waals surface area (Å²) in [5, 5.41) is 5.86. The molecule has 8 nitrogen and oxygen atoms in total. The summed E-state index contributed by atoms with van der Waals surface area (Å²) in [4.78, 5) is 28.6. The van der Waals surface area contributed by atoms with Gasteiger partial charge in [-0.15, -0.1) is 0 Å². The molecule has 0 bridgehead atoms. The number of hydrogen-bond acceptors (Lipinski definition) is 6. The Morgan fingerprint density at radius 2 is 2.00 bits per heavy atom. The average Bonchev–Trinajstić information content (AvgIpc) is 3.32. The monoisotopic (exact) mass is 435 g/mol. The molecule has 2 aromatic rings. The van der Waals surface area contributed by atoms with Gasteiger partial charge in [-0.1, -0.05) is 19.8 Å². The molecule has 2 aliphatic rings. The van der Waals surface area contributed by atoms with E-state index in [0.717, 1.165) is 62.0 Å². The van der Waals surface area contributed by atoms with Crippen LogP contribution in [0.2, 0.25) is 0 Å². The van der Waals surface area contributed by atoms with Gasteiger partial charge < -0.3 is 16.0 Å². The van der Waals surface area contributed by atoms with Gasteiger partial charge in [-0.3, -0.25) is 15.3 Å². The molecule has 2 fully saturated rings. The van der Waals surface area contributed by atoms with Crippen LogP contribution in [-0.4, -0.2) is 58.8 Å². The number of fused-ring (bicyclic) bond motifs is 1. The fourth-order valence-electron chi connectivity index (χ4n) is 4.43. The summed E-state index contributed by atoms with van der Waals surface area (Å²) < 4.78 is 0.